The molecule has 0 aliphatic carbocycles. The Balaban J connectivity index is 2.18. The first-order chi connectivity index (χ1) is 10.9. The van der Waals surface area contributed by atoms with Gasteiger partial charge in [-0.25, -0.2) is 13.1 Å². The number of hydrogen-bond acceptors (Lipinski definition) is 4. The highest BCUT2D eigenvalue weighted by atomic mass is 32.2. The van der Waals surface area contributed by atoms with Gasteiger partial charge in [0, 0.05) is 12.1 Å². The molecule has 0 bridgehead atoms. The molecule has 0 fully saturated rings. The summed E-state index contributed by atoms with van der Waals surface area (Å²) in [5, 5.41) is 0. The average Bonchev–Trinajstić information content (AvgIpc) is 2.55. The van der Waals surface area contributed by atoms with Gasteiger partial charge in [-0.05, 0) is 30.2 Å². The molecule has 23 heavy (non-hydrogen) atoms. The third-order valence-corrected chi connectivity index (χ3v) is 4.77. The first kappa shape index (κ1) is 17.0. The van der Waals surface area contributed by atoms with Crippen molar-refractivity contribution in [3.8, 4) is 5.75 Å². The van der Waals surface area contributed by atoms with Crippen LogP contribution in [0.25, 0.3) is 0 Å². The lowest BCUT2D eigenvalue weighted by Crippen LogP contribution is -2.27. The van der Waals surface area contributed by atoms with Gasteiger partial charge in [0.25, 0.3) is 0 Å². The number of hydrogen-bond donors (Lipinski definition) is 2. The van der Waals surface area contributed by atoms with Gasteiger partial charge in [-0.3, -0.25) is 4.79 Å². The predicted octanol–water partition coefficient (Wildman–Crippen LogP) is 1.32. The van der Waals surface area contributed by atoms with Crippen molar-refractivity contribution in [2.45, 2.75) is 11.3 Å². The molecule has 6 nitrogen and oxygen atoms in total. The first-order valence-electron chi connectivity index (χ1n) is 6.95. The van der Waals surface area contributed by atoms with Crippen LogP contribution in [0, 0.1) is 0 Å². The molecule has 7 heteroatoms. The van der Waals surface area contributed by atoms with E-state index in [9.17, 15) is 13.2 Å². The highest BCUT2D eigenvalue weighted by molar-refractivity contribution is 7.89. The maximum absolute atomic E-state index is 12.4. The molecule has 2 rings (SSSR count). The molecule has 0 aliphatic rings. The van der Waals surface area contributed by atoms with Gasteiger partial charge in [-0.15, -0.1) is 0 Å². The fourth-order valence-electron chi connectivity index (χ4n) is 2.09. The van der Waals surface area contributed by atoms with Crippen LogP contribution < -0.4 is 15.2 Å². The van der Waals surface area contributed by atoms with Crippen molar-refractivity contribution in [3.05, 3.63) is 59.7 Å². The van der Waals surface area contributed by atoms with Crippen molar-refractivity contribution in [1.29, 1.82) is 0 Å². The number of nitrogens with two attached hydrogens (primary N) is 1. The molecule has 0 aromatic heterocycles. The van der Waals surface area contributed by atoms with E-state index in [-0.39, 0.29) is 22.8 Å². The minimum absolute atomic E-state index is 0.106. The zero-order chi connectivity index (χ0) is 16.9. The van der Waals surface area contributed by atoms with Crippen molar-refractivity contribution < 1.29 is 17.9 Å². The molecule has 0 heterocycles. The molecular formula is C16H18N2O4S. The SMILES string of the molecule is COc1ccc(C(N)=O)cc1S(=O)(=O)NCCc1ccccc1. The largest absolute Gasteiger partial charge is 0.495 e. The van der Waals surface area contributed by atoms with Crippen LogP contribution in [0.4, 0.5) is 0 Å². The lowest BCUT2D eigenvalue weighted by atomic mass is 10.2. The number of primary amides is 1. The van der Waals surface area contributed by atoms with Gasteiger partial charge < -0.3 is 10.5 Å². The van der Waals surface area contributed by atoms with E-state index >= 15 is 0 Å². The summed E-state index contributed by atoms with van der Waals surface area (Å²) < 4.78 is 32.4. The molecule has 0 atom stereocenters. The van der Waals surface area contributed by atoms with E-state index in [1.54, 1.807) is 0 Å². The summed E-state index contributed by atoms with van der Waals surface area (Å²) in [4.78, 5) is 11.1. The lowest BCUT2D eigenvalue weighted by molar-refractivity contribution is 0.1000. The Morgan fingerprint density at radius 1 is 1.17 bits per heavy atom. The predicted molar refractivity (Wildman–Crippen MR) is 86.8 cm³/mol. The third-order valence-electron chi connectivity index (χ3n) is 3.29. The highest BCUT2D eigenvalue weighted by Gasteiger charge is 2.20. The Morgan fingerprint density at radius 2 is 1.87 bits per heavy atom. The smallest absolute Gasteiger partial charge is 0.248 e. The van der Waals surface area contributed by atoms with Crippen molar-refractivity contribution in [1.82, 2.24) is 4.72 Å². The van der Waals surface area contributed by atoms with Gasteiger partial charge >= 0.3 is 0 Å². The van der Waals surface area contributed by atoms with E-state index in [1.165, 1.54) is 25.3 Å². The number of amides is 1. The Morgan fingerprint density at radius 3 is 2.48 bits per heavy atom. The maximum atomic E-state index is 12.4. The van der Waals surface area contributed by atoms with Crippen LogP contribution in [-0.2, 0) is 16.4 Å². The van der Waals surface area contributed by atoms with Crippen LogP contribution in [0.15, 0.2) is 53.4 Å². The molecule has 0 aliphatic heterocycles. The molecule has 1 amide bonds. The van der Waals surface area contributed by atoms with Crippen LogP contribution in [0.5, 0.6) is 5.75 Å². The molecule has 0 radical (unpaired) electrons. The Kier molecular flexibility index (Phi) is 5.36. The van der Waals surface area contributed by atoms with Crippen molar-refractivity contribution in [2.24, 2.45) is 5.73 Å². The number of ether oxygens (including phenoxy) is 1. The summed E-state index contributed by atoms with van der Waals surface area (Å²) in [6.45, 7) is 0.232. The number of rotatable bonds is 7. The molecular weight excluding hydrogens is 316 g/mol. The zero-order valence-corrected chi connectivity index (χ0v) is 13.5. The zero-order valence-electron chi connectivity index (χ0n) is 12.7. The molecule has 2 aromatic rings. The van der Waals surface area contributed by atoms with E-state index < -0.39 is 15.9 Å². The second-order valence-electron chi connectivity index (χ2n) is 4.86. The number of carbonyl (C=O) groups excluding carboxylic acids is 1. The van der Waals surface area contributed by atoms with Gasteiger partial charge in [0.2, 0.25) is 15.9 Å². The summed E-state index contributed by atoms with van der Waals surface area (Å²) >= 11 is 0. The summed E-state index contributed by atoms with van der Waals surface area (Å²) in [6.07, 6.45) is 0.553. The number of nitrogens with one attached hydrogen (secondary N) is 1. The molecule has 122 valence electrons. The van der Waals surface area contributed by atoms with Gasteiger partial charge in [0.1, 0.15) is 10.6 Å². The van der Waals surface area contributed by atoms with Gasteiger partial charge in [0.15, 0.2) is 0 Å². The van der Waals surface area contributed by atoms with Crippen LogP contribution in [0.3, 0.4) is 0 Å². The fraction of sp³-hybridized carbons (Fsp3) is 0.188. The molecule has 2 aromatic carbocycles. The summed E-state index contributed by atoms with van der Waals surface area (Å²) in [5.41, 5.74) is 6.33. The number of benzene rings is 2. The standard InChI is InChI=1S/C16H18N2O4S/c1-22-14-8-7-13(16(17)19)11-15(14)23(20,21)18-10-9-12-5-3-2-4-6-12/h2-8,11,18H,9-10H2,1H3,(H2,17,19). The quantitative estimate of drug-likeness (QED) is 0.797. The van der Waals surface area contributed by atoms with Crippen LogP contribution in [-0.4, -0.2) is 28.0 Å². The van der Waals surface area contributed by atoms with Gasteiger partial charge in [0.05, 0.1) is 7.11 Å². The minimum atomic E-state index is -3.81. The molecule has 0 spiro atoms. The van der Waals surface area contributed by atoms with E-state index in [0.717, 1.165) is 5.56 Å². The van der Waals surface area contributed by atoms with Crippen molar-refractivity contribution >= 4 is 15.9 Å². The topological polar surface area (TPSA) is 98.5 Å². The normalized spacial score (nSPS) is 11.2. The summed E-state index contributed by atoms with van der Waals surface area (Å²) in [6, 6.07) is 13.6. The van der Waals surface area contributed by atoms with Crippen molar-refractivity contribution in [2.75, 3.05) is 13.7 Å². The Hall–Kier alpha value is -2.38. The summed E-state index contributed by atoms with van der Waals surface area (Å²) in [5.74, 6) is -0.546. The van der Waals surface area contributed by atoms with E-state index in [4.69, 9.17) is 10.5 Å². The van der Waals surface area contributed by atoms with E-state index in [1.807, 2.05) is 30.3 Å². The Bertz CT molecular complexity index is 789. The van der Waals surface area contributed by atoms with Crippen LogP contribution >= 0.6 is 0 Å². The lowest BCUT2D eigenvalue weighted by Gasteiger charge is -2.11. The number of carbonyl (C=O) groups is 1. The van der Waals surface area contributed by atoms with Gasteiger partial charge in [-0.2, -0.15) is 0 Å². The van der Waals surface area contributed by atoms with E-state index in [2.05, 4.69) is 4.72 Å². The van der Waals surface area contributed by atoms with E-state index in [0.29, 0.717) is 6.42 Å². The molecule has 0 unspecified atom stereocenters. The first-order valence-corrected chi connectivity index (χ1v) is 8.44. The third kappa shape index (κ3) is 4.30. The summed E-state index contributed by atoms with van der Waals surface area (Å²) in [7, 11) is -2.45. The number of methoxy groups -OCH3 is 1. The molecule has 0 saturated carbocycles. The Labute approximate surface area is 135 Å². The van der Waals surface area contributed by atoms with Crippen LogP contribution in [0.1, 0.15) is 15.9 Å². The molecule has 3 N–H and O–H groups in total. The highest BCUT2D eigenvalue weighted by Crippen LogP contribution is 2.24. The average molecular weight is 334 g/mol. The minimum Gasteiger partial charge on any atom is -0.495 e. The van der Waals surface area contributed by atoms with Gasteiger partial charge in [-0.1, -0.05) is 30.3 Å². The second kappa shape index (κ2) is 7.26. The monoisotopic (exact) mass is 334 g/mol. The number of sulfonamides is 1. The van der Waals surface area contributed by atoms with Crippen LogP contribution in [0.2, 0.25) is 0 Å². The maximum Gasteiger partial charge on any atom is 0.248 e. The second-order valence-corrected chi connectivity index (χ2v) is 6.60. The van der Waals surface area contributed by atoms with Crippen molar-refractivity contribution in [3.63, 3.8) is 0 Å². The molecule has 0 saturated heterocycles. The fourth-order valence-corrected chi connectivity index (χ4v) is 3.32.